The van der Waals surface area contributed by atoms with Gasteiger partial charge in [-0.3, -0.25) is 4.79 Å². The highest BCUT2D eigenvalue weighted by Crippen LogP contribution is 2.14. The second-order valence-electron chi connectivity index (χ2n) is 3.67. The number of anilines is 2. The van der Waals surface area contributed by atoms with Crippen molar-refractivity contribution in [1.82, 2.24) is 5.32 Å². The zero-order chi connectivity index (χ0) is 13.4. The number of carbonyl (C=O) groups excluding carboxylic acids is 2. The highest BCUT2D eigenvalue weighted by molar-refractivity contribution is 5.92. The number of urea groups is 1. The third-order valence-electron chi connectivity index (χ3n) is 2.01. The van der Waals surface area contributed by atoms with Crippen LogP contribution < -0.4 is 16.0 Å². The van der Waals surface area contributed by atoms with Crippen LogP contribution in [-0.4, -0.2) is 11.9 Å². The predicted octanol–water partition coefficient (Wildman–Crippen LogP) is 2.69. The van der Waals surface area contributed by atoms with Crippen molar-refractivity contribution in [1.29, 1.82) is 0 Å². The number of nitrogens with one attached hydrogen (secondary N) is 3. The van der Waals surface area contributed by atoms with Gasteiger partial charge < -0.3 is 16.0 Å². The molecule has 3 amide bonds. The molecular weight excluding hydrogens is 230 g/mol. The van der Waals surface area contributed by atoms with Crippen molar-refractivity contribution < 1.29 is 9.59 Å². The van der Waals surface area contributed by atoms with Crippen molar-refractivity contribution in [2.75, 3.05) is 10.6 Å². The van der Waals surface area contributed by atoms with E-state index in [1.807, 2.05) is 13.0 Å². The van der Waals surface area contributed by atoms with Gasteiger partial charge in [0.05, 0.1) is 0 Å². The van der Waals surface area contributed by atoms with Crippen LogP contribution in [-0.2, 0) is 4.79 Å². The lowest BCUT2D eigenvalue weighted by Crippen LogP contribution is -2.23. The Bertz CT molecular complexity index is 455. The Balaban J connectivity index is 2.58. The molecule has 18 heavy (non-hydrogen) atoms. The highest BCUT2D eigenvalue weighted by atomic mass is 16.2. The normalized spacial score (nSPS) is 10.1. The molecule has 5 heteroatoms. The molecule has 0 aliphatic carbocycles. The minimum atomic E-state index is -0.320. The lowest BCUT2D eigenvalue weighted by Gasteiger charge is -2.07. The van der Waals surface area contributed by atoms with Crippen molar-refractivity contribution in [3.63, 3.8) is 0 Å². The number of hydrogen-bond donors (Lipinski definition) is 3. The molecule has 1 aromatic carbocycles. The lowest BCUT2D eigenvalue weighted by atomic mass is 10.3. The summed E-state index contributed by atoms with van der Waals surface area (Å²) in [7, 11) is 0. The van der Waals surface area contributed by atoms with E-state index < -0.39 is 0 Å². The van der Waals surface area contributed by atoms with E-state index in [0.29, 0.717) is 11.4 Å². The Hall–Kier alpha value is -2.30. The summed E-state index contributed by atoms with van der Waals surface area (Å²) in [6.07, 6.45) is 4.29. The average molecular weight is 247 g/mol. The standard InChI is InChI=1S/C13H17N3O2/c1-3-4-8-14-13(18)16-12-7-5-6-11(9-12)15-10(2)17/h4-9H,3H2,1-2H3,(H,15,17)(H2,14,16,18)/b8-4+. The van der Waals surface area contributed by atoms with E-state index in [1.54, 1.807) is 30.5 Å². The number of carbonyl (C=O) groups is 2. The van der Waals surface area contributed by atoms with Crippen LogP contribution in [0.25, 0.3) is 0 Å². The molecule has 0 fully saturated rings. The fourth-order valence-corrected chi connectivity index (χ4v) is 1.30. The maximum absolute atomic E-state index is 11.5. The number of benzene rings is 1. The van der Waals surface area contributed by atoms with Gasteiger partial charge in [-0.1, -0.05) is 19.1 Å². The van der Waals surface area contributed by atoms with Gasteiger partial charge in [0.2, 0.25) is 5.91 Å². The van der Waals surface area contributed by atoms with Crippen molar-refractivity contribution in [2.45, 2.75) is 20.3 Å². The molecule has 0 aliphatic rings. The van der Waals surface area contributed by atoms with Crippen molar-refractivity contribution >= 4 is 23.3 Å². The summed E-state index contributed by atoms with van der Waals surface area (Å²) in [5, 5.41) is 7.88. The van der Waals surface area contributed by atoms with E-state index in [2.05, 4.69) is 16.0 Å². The molecular formula is C13H17N3O2. The first-order chi connectivity index (χ1) is 8.61. The lowest BCUT2D eigenvalue weighted by molar-refractivity contribution is -0.114. The largest absolute Gasteiger partial charge is 0.326 e. The molecule has 1 aromatic rings. The van der Waals surface area contributed by atoms with Crippen LogP contribution >= 0.6 is 0 Å². The molecule has 0 saturated heterocycles. The van der Waals surface area contributed by atoms with Crippen LogP contribution in [0.1, 0.15) is 20.3 Å². The summed E-state index contributed by atoms with van der Waals surface area (Å²) in [5.74, 6) is -0.150. The van der Waals surface area contributed by atoms with E-state index in [-0.39, 0.29) is 11.9 Å². The Labute approximate surface area is 106 Å². The van der Waals surface area contributed by atoms with Crippen LogP contribution in [0.15, 0.2) is 36.5 Å². The molecule has 0 unspecified atom stereocenters. The molecule has 0 aromatic heterocycles. The Morgan fingerprint density at radius 3 is 2.50 bits per heavy atom. The summed E-state index contributed by atoms with van der Waals surface area (Å²) in [5.41, 5.74) is 1.26. The van der Waals surface area contributed by atoms with E-state index in [1.165, 1.54) is 6.92 Å². The number of hydrogen-bond acceptors (Lipinski definition) is 2. The van der Waals surface area contributed by atoms with Gasteiger partial charge in [0.15, 0.2) is 0 Å². The summed E-state index contributed by atoms with van der Waals surface area (Å²) in [6, 6.07) is 6.61. The zero-order valence-corrected chi connectivity index (χ0v) is 10.5. The fourth-order valence-electron chi connectivity index (χ4n) is 1.30. The molecule has 5 nitrogen and oxygen atoms in total. The van der Waals surface area contributed by atoms with Gasteiger partial charge in [0, 0.05) is 24.5 Å². The topological polar surface area (TPSA) is 70.2 Å². The summed E-state index contributed by atoms with van der Waals surface area (Å²) < 4.78 is 0. The highest BCUT2D eigenvalue weighted by Gasteiger charge is 2.01. The quantitative estimate of drug-likeness (QED) is 0.765. The molecule has 0 saturated carbocycles. The van der Waals surface area contributed by atoms with Crippen molar-refractivity contribution in [3.8, 4) is 0 Å². The third kappa shape index (κ3) is 5.16. The third-order valence-corrected chi connectivity index (χ3v) is 2.01. The summed E-state index contributed by atoms with van der Waals surface area (Å²) >= 11 is 0. The van der Waals surface area contributed by atoms with Gasteiger partial charge >= 0.3 is 6.03 Å². The predicted molar refractivity (Wildman–Crippen MR) is 72.3 cm³/mol. The maximum Gasteiger partial charge on any atom is 0.323 e. The van der Waals surface area contributed by atoms with E-state index in [0.717, 1.165) is 6.42 Å². The Kier molecular flexibility index (Phi) is 5.44. The fraction of sp³-hybridized carbons (Fsp3) is 0.231. The van der Waals surface area contributed by atoms with Gasteiger partial charge in [-0.15, -0.1) is 0 Å². The minimum absolute atomic E-state index is 0.150. The molecule has 0 bridgehead atoms. The molecule has 0 heterocycles. The van der Waals surface area contributed by atoms with Crippen LogP contribution in [0.5, 0.6) is 0 Å². The second kappa shape index (κ2) is 7.11. The molecule has 0 radical (unpaired) electrons. The first kappa shape index (κ1) is 13.8. The number of rotatable bonds is 4. The Morgan fingerprint density at radius 2 is 1.89 bits per heavy atom. The molecule has 1 rings (SSSR count). The van der Waals surface area contributed by atoms with Crippen molar-refractivity contribution in [3.05, 3.63) is 36.5 Å². The molecule has 96 valence electrons. The van der Waals surface area contributed by atoms with Crippen LogP contribution in [0.2, 0.25) is 0 Å². The first-order valence-corrected chi connectivity index (χ1v) is 5.72. The minimum Gasteiger partial charge on any atom is -0.326 e. The zero-order valence-electron chi connectivity index (χ0n) is 10.5. The molecule has 3 N–H and O–H groups in total. The van der Waals surface area contributed by atoms with Crippen molar-refractivity contribution in [2.24, 2.45) is 0 Å². The second-order valence-corrected chi connectivity index (χ2v) is 3.67. The van der Waals surface area contributed by atoms with Gasteiger partial charge in [0.25, 0.3) is 0 Å². The van der Waals surface area contributed by atoms with E-state index in [9.17, 15) is 9.59 Å². The van der Waals surface area contributed by atoms with Gasteiger partial charge in [0.1, 0.15) is 0 Å². The summed E-state index contributed by atoms with van der Waals surface area (Å²) in [4.78, 5) is 22.4. The van der Waals surface area contributed by atoms with Crippen LogP contribution in [0, 0.1) is 0 Å². The van der Waals surface area contributed by atoms with Gasteiger partial charge in [-0.05, 0) is 24.6 Å². The molecule has 0 atom stereocenters. The Morgan fingerprint density at radius 1 is 1.22 bits per heavy atom. The van der Waals surface area contributed by atoms with Gasteiger partial charge in [-0.25, -0.2) is 4.79 Å². The van der Waals surface area contributed by atoms with Crippen LogP contribution in [0.3, 0.4) is 0 Å². The number of amides is 3. The SMILES string of the molecule is CC/C=C/NC(=O)Nc1cccc(NC(C)=O)c1. The van der Waals surface area contributed by atoms with Gasteiger partial charge in [-0.2, -0.15) is 0 Å². The van der Waals surface area contributed by atoms with Crippen LogP contribution in [0.4, 0.5) is 16.2 Å². The monoisotopic (exact) mass is 247 g/mol. The smallest absolute Gasteiger partial charge is 0.323 e. The number of allylic oxidation sites excluding steroid dienone is 1. The molecule has 0 spiro atoms. The maximum atomic E-state index is 11.5. The first-order valence-electron chi connectivity index (χ1n) is 5.72. The van der Waals surface area contributed by atoms with E-state index >= 15 is 0 Å². The van der Waals surface area contributed by atoms with E-state index in [4.69, 9.17) is 0 Å². The molecule has 0 aliphatic heterocycles. The summed E-state index contributed by atoms with van der Waals surface area (Å²) in [6.45, 7) is 3.41. The average Bonchev–Trinajstić information content (AvgIpc) is 2.28.